The third kappa shape index (κ3) is 3.33. The van der Waals surface area contributed by atoms with Crippen LogP contribution in [0, 0.1) is 12.7 Å². The number of nitrogens with zero attached hydrogens (tertiary/aromatic N) is 2. The van der Waals surface area contributed by atoms with Crippen molar-refractivity contribution in [1.82, 2.24) is 9.80 Å². The molecule has 2 amide bonds. The average Bonchev–Trinajstić information content (AvgIpc) is 3.24. The second-order valence-corrected chi connectivity index (χ2v) is 7.59. The third-order valence-electron chi connectivity index (χ3n) is 5.90. The smallest absolute Gasteiger partial charge is 0.290 e. The Kier molecular flexibility index (Phi) is 4.89. The van der Waals surface area contributed by atoms with Crippen molar-refractivity contribution in [2.24, 2.45) is 0 Å². The molecule has 2 aliphatic heterocycles. The quantitative estimate of drug-likeness (QED) is 0.818. The molecular formula is C21H25FN2O3. The molecule has 0 aliphatic carbocycles. The number of benzene rings is 1. The number of hydrogen-bond acceptors (Lipinski definition) is 3. The predicted octanol–water partition coefficient (Wildman–Crippen LogP) is 3.89. The number of rotatable bonds is 4. The number of para-hydroxylation sites is 1. The molecule has 2 saturated heterocycles. The Morgan fingerprint density at radius 2 is 2.11 bits per heavy atom. The molecule has 0 bridgehead atoms. The minimum atomic E-state index is -0.447. The average molecular weight is 372 g/mol. The zero-order valence-electron chi connectivity index (χ0n) is 15.7. The summed E-state index contributed by atoms with van der Waals surface area (Å²) in [5.74, 6) is -0.163. The number of carbonyl (C=O) groups is 2. The maximum Gasteiger partial charge on any atom is 0.290 e. The summed E-state index contributed by atoms with van der Waals surface area (Å²) in [5.41, 5.74) is 0.836. The van der Waals surface area contributed by atoms with Crippen molar-refractivity contribution >= 4 is 22.8 Å². The fraction of sp³-hybridized carbons (Fsp3) is 0.524. The molecule has 0 radical (unpaired) electrons. The first kappa shape index (κ1) is 18.0. The monoisotopic (exact) mass is 372 g/mol. The molecule has 4 rings (SSSR count). The number of piperidine rings is 1. The lowest BCUT2D eigenvalue weighted by Gasteiger charge is -2.36. The number of aryl methyl sites for hydroxylation is 1. The van der Waals surface area contributed by atoms with Gasteiger partial charge in [0.05, 0.1) is 0 Å². The SMILES string of the molecule is Cc1c(C(=O)N2CCCC[C@@H]2CCN2CCCC2=O)oc2c(F)cccc12. The maximum absolute atomic E-state index is 14.0. The molecule has 27 heavy (non-hydrogen) atoms. The summed E-state index contributed by atoms with van der Waals surface area (Å²) >= 11 is 0. The maximum atomic E-state index is 14.0. The number of amides is 2. The van der Waals surface area contributed by atoms with E-state index in [-0.39, 0.29) is 29.2 Å². The van der Waals surface area contributed by atoms with Gasteiger partial charge in [0, 0.05) is 43.0 Å². The number of carbonyl (C=O) groups excluding carboxylic acids is 2. The molecule has 3 heterocycles. The summed E-state index contributed by atoms with van der Waals surface area (Å²) < 4.78 is 19.7. The summed E-state index contributed by atoms with van der Waals surface area (Å²) in [6.07, 6.45) is 5.31. The van der Waals surface area contributed by atoms with Gasteiger partial charge in [0.1, 0.15) is 0 Å². The Hall–Kier alpha value is -2.37. The molecule has 0 saturated carbocycles. The van der Waals surface area contributed by atoms with Gasteiger partial charge in [0.2, 0.25) is 5.91 Å². The van der Waals surface area contributed by atoms with Crippen molar-refractivity contribution in [2.45, 2.75) is 51.5 Å². The highest BCUT2D eigenvalue weighted by molar-refractivity contribution is 5.99. The van der Waals surface area contributed by atoms with Gasteiger partial charge >= 0.3 is 0 Å². The molecule has 2 fully saturated rings. The van der Waals surface area contributed by atoms with Gasteiger partial charge in [0.25, 0.3) is 5.91 Å². The van der Waals surface area contributed by atoms with Gasteiger partial charge in [-0.15, -0.1) is 0 Å². The molecule has 5 nitrogen and oxygen atoms in total. The Morgan fingerprint density at radius 1 is 1.26 bits per heavy atom. The molecule has 2 aromatic rings. The van der Waals surface area contributed by atoms with E-state index in [2.05, 4.69) is 0 Å². The first-order chi connectivity index (χ1) is 13.1. The van der Waals surface area contributed by atoms with Crippen molar-refractivity contribution in [1.29, 1.82) is 0 Å². The van der Waals surface area contributed by atoms with Crippen LogP contribution >= 0.6 is 0 Å². The number of likely N-dealkylation sites (tertiary alicyclic amines) is 2. The van der Waals surface area contributed by atoms with E-state index in [0.717, 1.165) is 38.6 Å². The van der Waals surface area contributed by atoms with Gasteiger partial charge in [-0.05, 0) is 45.1 Å². The lowest BCUT2D eigenvalue weighted by atomic mass is 9.98. The number of furan rings is 1. The van der Waals surface area contributed by atoms with Crippen LogP contribution in [-0.4, -0.2) is 47.3 Å². The van der Waals surface area contributed by atoms with Gasteiger partial charge in [-0.3, -0.25) is 9.59 Å². The zero-order valence-corrected chi connectivity index (χ0v) is 15.7. The van der Waals surface area contributed by atoms with E-state index in [1.165, 1.54) is 6.07 Å². The van der Waals surface area contributed by atoms with Gasteiger partial charge in [-0.1, -0.05) is 12.1 Å². The molecule has 1 atom stereocenters. The summed E-state index contributed by atoms with van der Waals surface area (Å²) in [7, 11) is 0. The molecule has 1 aromatic heterocycles. The van der Waals surface area contributed by atoms with E-state index in [1.807, 2.05) is 9.80 Å². The Morgan fingerprint density at radius 3 is 2.85 bits per heavy atom. The first-order valence-electron chi connectivity index (χ1n) is 9.82. The largest absolute Gasteiger partial charge is 0.448 e. The van der Waals surface area contributed by atoms with Crippen molar-refractivity contribution in [3.8, 4) is 0 Å². The minimum Gasteiger partial charge on any atom is -0.448 e. The summed E-state index contributed by atoms with van der Waals surface area (Å²) in [5, 5.41) is 0.648. The number of fused-ring (bicyclic) bond motifs is 1. The van der Waals surface area contributed by atoms with Crippen molar-refractivity contribution in [3.63, 3.8) is 0 Å². The van der Waals surface area contributed by atoms with Gasteiger partial charge in [-0.25, -0.2) is 4.39 Å². The minimum absolute atomic E-state index is 0.0945. The lowest BCUT2D eigenvalue weighted by molar-refractivity contribution is -0.127. The highest BCUT2D eigenvalue weighted by Crippen LogP contribution is 2.30. The van der Waals surface area contributed by atoms with Crippen molar-refractivity contribution in [2.75, 3.05) is 19.6 Å². The summed E-state index contributed by atoms with van der Waals surface area (Å²) in [4.78, 5) is 28.8. The molecule has 0 unspecified atom stereocenters. The van der Waals surface area contributed by atoms with Crippen LogP contribution in [0.1, 0.15) is 54.6 Å². The fourth-order valence-electron chi connectivity index (χ4n) is 4.36. The fourth-order valence-corrected chi connectivity index (χ4v) is 4.36. The van der Waals surface area contributed by atoms with Crippen LogP contribution in [0.25, 0.3) is 11.0 Å². The second kappa shape index (κ2) is 7.33. The zero-order chi connectivity index (χ0) is 19.0. The highest BCUT2D eigenvalue weighted by Gasteiger charge is 2.32. The van der Waals surface area contributed by atoms with Crippen LogP contribution in [0.15, 0.2) is 22.6 Å². The van der Waals surface area contributed by atoms with Gasteiger partial charge < -0.3 is 14.2 Å². The normalized spacial score (nSPS) is 20.7. The van der Waals surface area contributed by atoms with Crippen molar-refractivity contribution in [3.05, 3.63) is 35.3 Å². The van der Waals surface area contributed by atoms with E-state index in [0.29, 0.717) is 30.5 Å². The van der Waals surface area contributed by atoms with Crippen LogP contribution in [0.4, 0.5) is 4.39 Å². The van der Waals surface area contributed by atoms with E-state index >= 15 is 0 Å². The highest BCUT2D eigenvalue weighted by atomic mass is 19.1. The summed E-state index contributed by atoms with van der Waals surface area (Å²) in [6.45, 7) is 4.00. The molecule has 144 valence electrons. The lowest BCUT2D eigenvalue weighted by Crippen LogP contribution is -2.45. The van der Waals surface area contributed by atoms with Crippen LogP contribution in [0.3, 0.4) is 0 Å². The topological polar surface area (TPSA) is 53.8 Å². The second-order valence-electron chi connectivity index (χ2n) is 7.59. The number of hydrogen-bond donors (Lipinski definition) is 0. The Labute approximate surface area is 158 Å². The molecule has 0 spiro atoms. The van der Waals surface area contributed by atoms with Gasteiger partial charge in [0.15, 0.2) is 17.2 Å². The predicted molar refractivity (Wildman–Crippen MR) is 100 cm³/mol. The van der Waals surface area contributed by atoms with Crippen LogP contribution in [-0.2, 0) is 4.79 Å². The van der Waals surface area contributed by atoms with E-state index < -0.39 is 5.82 Å². The van der Waals surface area contributed by atoms with E-state index in [1.54, 1.807) is 19.1 Å². The van der Waals surface area contributed by atoms with Crippen molar-refractivity contribution < 1.29 is 18.4 Å². The standard InChI is InChI=1S/C21H25FN2O3/c1-14-16-7-4-8-17(22)20(16)27-19(14)21(26)24-12-3-2-6-15(24)10-13-23-11-5-9-18(23)25/h4,7-8,15H,2-3,5-6,9-13H2,1H3/t15-/m1/s1. The number of halogens is 1. The summed E-state index contributed by atoms with van der Waals surface area (Å²) in [6, 6.07) is 4.85. The van der Waals surface area contributed by atoms with Crippen LogP contribution in [0.5, 0.6) is 0 Å². The van der Waals surface area contributed by atoms with Crippen LogP contribution in [0.2, 0.25) is 0 Å². The molecule has 0 N–H and O–H groups in total. The molecular weight excluding hydrogens is 347 g/mol. The van der Waals surface area contributed by atoms with E-state index in [4.69, 9.17) is 4.42 Å². The van der Waals surface area contributed by atoms with Crippen LogP contribution < -0.4 is 0 Å². The molecule has 2 aliphatic rings. The molecule has 6 heteroatoms. The van der Waals surface area contributed by atoms with E-state index in [9.17, 15) is 14.0 Å². The van der Waals surface area contributed by atoms with Gasteiger partial charge in [-0.2, -0.15) is 0 Å². The Balaban J connectivity index is 1.54. The third-order valence-corrected chi connectivity index (χ3v) is 5.90. The molecule has 1 aromatic carbocycles. The first-order valence-corrected chi connectivity index (χ1v) is 9.82. The Bertz CT molecular complexity index is 876.